The number of methoxy groups -OCH3 is 2. The SMILES string of the molecule is CCC(C)CCOC.CCN(Sc1ccc(N)cc1)c1ccc(NC)c(N=CC(C)(C)OC)c1. The molecule has 7 heteroatoms. The van der Waals surface area contributed by atoms with Crippen molar-refractivity contribution < 1.29 is 9.47 Å². The highest BCUT2D eigenvalue weighted by molar-refractivity contribution is 8.00. The lowest BCUT2D eigenvalue weighted by molar-refractivity contribution is 0.0872. The van der Waals surface area contributed by atoms with Gasteiger partial charge in [0.1, 0.15) is 0 Å². The standard InChI is InChI=1S/C20H28N4OS.C7H16O/c1-6-24(26-17-10-7-15(21)8-11-17)16-9-12-18(22-4)19(13-16)23-14-20(2,3)25-5;1-4-7(2)5-6-8-3/h7-14,22H,6,21H2,1-5H3;7H,4-6H2,1-3H3. The third kappa shape index (κ3) is 10.8. The second-order valence-corrected chi connectivity index (χ2v) is 9.76. The van der Waals surface area contributed by atoms with E-state index in [1.807, 2.05) is 57.4 Å². The van der Waals surface area contributed by atoms with E-state index in [1.165, 1.54) is 12.8 Å². The molecule has 3 N–H and O–H groups in total. The van der Waals surface area contributed by atoms with Crippen LogP contribution in [0.5, 0.6) is 0 Å². The average Bonchev–Trinajstić information content (AvgIpc) is 2.85. The van der Waals surface area contributed by atoms with Crippen LogP contribution in [-0.4, -0.2) is 46.2 Å². The van der Waals surface area contributed by atoms with Crippen LogP contribution in [0.2, 0.25) is 0 Å². The predicted molar refractivity (Wildman–Crippen MR) is 151 cm³/mol. The maximum absolute atomic E-state index is 5.78. The van der Waals surface area contributed by atoms with Gasteiger partial charge in [-0.1, -0.05) is 20.3 Å². The Morgan fingerprint density at radius 2 is 1.82 bits per heavy atom. The van der Waals surface area contributed by atoms with Crippen molar-refractivity contribution in [2.24, 2.45) is 10.9 Å². The van der Waals surface area contributed by atoms with Crippen LogP contribution in [0.4, 0.5) is 22.7 Å². The minimum Gasteiger partial charge on any atom is -0.399 e. The lowest BCUT2D eigenvalue weighted by Crippen LogP contribution is -2.23. The first-order valence-corrected chi connectivity index (χ1v) is 12.7. The number of nitrogens with two attached hydrogens (primary N) is 1. The maximum atomic E-state index is 5.78. The Labute approximate surface area is 211 Å². The summed E-state index contributed by atoms with van der Waals surface area (Å²) in [5, 5.41) is 3.20. The van der Waals surface area contributed by atoms with E-state index in [-0.39, 0.29) is 0 Å². The molecule has 190 valence electrons. The van der Waals surface area contributed by atoms with Gasteiger partial charge in [0.05, 0.1) is 17.0 Å². The first-order valence-electron chi connectivity index (χ1n) is 11.9. The number of nitrogens with zero attached hydrogens (tertiary/aromatic N) is 2. The molecule has 0 saturated heterocycles. The minimum absolute atomic E-state index is 0.413. The Morgan fingerprint density at radius 3 is 2.35 bits per heavy atom. The highest BCUT2D eigenvalue weighted by atomic mass is 32.2. The van der Waals surface area contributed by atoms with Gasteiger partial charge >= 0.3 is 0 Å². The van der Waals surface area contributed by atoms with E-state index in [0.717, 1.165) is 46.7 Å². The van der Waals surface area contributed by atoms with Gasteiger partial charge in [-0.25, -0.2) is 0 Å². The third-order valence-electron chi connectivity index (χ3n) is 5.47. The molecule has 0 aliphatic heterocycles. The number of nitrogens with one attached hydrogen (secondary N) is 1. The van der Waals surface area contributed by atoms with Crippen LogP contribution in [0.15, 0.2) is 52.4 Å². The molecule has 0 fully saturated rings. The van der Waals surface area contributed by atoms with Crippen LogP contribution < -0.4 is 15.4 Å². The second-order valence-electron chi connectivity index (χ2n) is 8.67. The fraction of sp³-hybridized carbons (Fsp3) is 0.519. The largest absolute Gasteiger partial charge is 0.399 e. The van der Waals surface area contributed by atoms with Crippen LogP contribution >= 0.6 is 11.9 Å². The molecule has 0 spiro atoms. The topological polar surface area (TPSA) is 72.1 Å². The van der Waals surface area contributed by atoms with E-state index in [1.54, 1.807) is 26.2 Å². The lowest BCUT2D eigenvalue weighted by Gasteiger charge is -2.23. The molecule has 1 unspecified atom stereocenters. The highest BCUT2D eigenvalue weighted by Gasteiger charge is 2.14. The van der Waals surface area contributed by atoms with Gasteiger partial charge in [0, 0.05) is 56.9 Å². The molecule has 34 heavy (non-hydrogen) atoms. The van der Waals surface area contributed by atoms with Gasteiger partial charge in [0.25, 0.3) is 0 Å². The number of rotatable bonds is 12. The van der Waals surface area contributed by atoms with E-state index in [2.05, 4.69) is 47.5 Å². The predicted octanol–water partition coefficient (Wildman–Crippen LogP) is 7.04. The number of anilines is 3. The zero-order valence-electron chi connectivity index (χ0n) is 22.2. The van der Waals surface area contributed by atoms with Gasteiger partial charge in [-0.2, -0.15) is 0 Å². The summed E-state index contributed by atoms with van der Waals surface area (Å²) in [6, 6.07) is 14.1. The zero-order chi connectivity index (χ0) is 25.6. The van der Waals surface area contributed by atoms with E-state index < -0.39 is 5.60 Å². The van der Waals surface area contributed by atoms with Crippen molar-refractivity contribution in [3.05, 3.63) is 42.5 Å². The smallest absolute Gasteiger partial charge is 0.0972 e. The van der Waals surface area contributed by atoms with Crippen molar-refractivity contribution in [1.82, 2.24) is 0 Å². The second kappa shape index (κ2) is 15.6. The van der Waals surface area contributed by atoms with Crippen molar-refractivity contribution in [1.29, 1.82) is 0 Å². The minimum atomic E-state index is -0.413. The Bertz CT molecular complexity index is 856. The molecule has 1 atom stereocenters. The molecule has 0 aliphatic rings. The summed E-state index contributed by atoms with van der Waals surface area (Å²) in [7, 11) is 5.34. The number of benzene rings is 2. The van der Waals surface area contributed by atoms with Crippen LogP contribution in [0.25, 0.3) is 0 Å². The van der Waals surface area contributed by atoms with Gasteiger partial charge in [-0.3, -0.25) is 4.99 Å². The Balaban J connectivity index is 0.000000620. The van der Waals surface area contributed by atoms with Gasteiger partial charge in [-0.15, -0.1) is 0 Å². The van der Waals surface area contributed by atoms with E-state index >= 15 is 0 Å². The molecular weight excluding hydrogens is 444 g/mol. The molecule has 0 amide bonds. The molecule has 2 aromatic rings. The number of nitrogen functional groups attached to an aromatic ring is 1. The summed E-state index contributed by atoms with van der Waals surface area (Å²) in [5.41, 5.74) is 9.09. The van der Waals surface area contributed by atoms with E-state index in [4.69, 9.17) is 15.2 Å². The average molecular weight is 489 g/mol. The molecule has 0 heterocycles. The number of aliphatic imine (C=N–C) groups is 1. The van der Waals surface area contributed by atoms with Gasteiger partial charge < -0.3 is 24.8 Å². The zero-order valence-corrected chi connectivity index (χ0v) is 23.0. The molecule has 0 saturated carbocycles. The first kappa shape index (κ1) is 29.8. The summed E-state index contributed by atoms with van der Waals surface area (Å²) >= 11 is 1.68. The third-order valence-corrected chi connectivity index (χ3v) is 6.65. The molecule has 0 aliphatic carbocycles. The molecule has 6 nitrogen and oxygen atoms in total. The van der Waals surface area contributed by atoms with Crippen molar-refractivity contribution >= 4 is 40.9 Å². The Morgan fingerprint density at radius 1 is 1.15 bits per heavy atom. The highest BCUT2D eigenvalue weighted by Crippen LogP contribution is 2.35. The van der Waals surface area contributed by atoms with Crippen molar-refractivity contribution in [2.45, 2.75) is 58.0 Å². The van der Waals surface area contributed by atoms with Gasteiger partial charge in [0.15, 0.2) is 0 Å². The van der Waals surface area contributed by atoms with Gasteiger partial charge in [0.2, 0.25) is 0 Å². The summed E-state index contributed by atoms with van der Waals surface area (Å²) < 4.78 is 12.6. The first-order chi connectivity index (χ1) is 16.2. The van der Waals surface area contributed by atoms with Crippen molar-refractivity contribution in [3.8, 4) is 0 Å². The van der Waals surface area contributed by atoms with Crippen LogP contribution in [0.3, 0.4) is 0 Å². The Kier molecular flexibility index (Phi) is 13.7. The van der Waals surface area contributed by atoms with E-state index in [0.29, 0.717) is 0 Å². The number of hydrogen-bond donors (Lipinski definition) is 2. The normalized spacial score (nSPS) is 12.2. The molecule has 0 radical (unpaired) electrons. The molecular formula is C27H44N4O2S. The Hall–Kier alpha value is -2.22. The summed E-state index contributed by atoms with van der Waals surface area (Å²) in [6.45, 7) is 12.3. The van der Waals surface area contributed by atoms with Crippen molar-refractivity contribution in [3.63, 3.8) is 0 Å². The fourth-order valence-corrected chi connectivity index (χ4v) is 3.61. The summed E-state index contributed by atoms with van der Waals surface area (Å²) in [5.74, 6) is 0.829. The fourth-order valence-electron chi connectivity index (χ4n) is 2.75. The van der Waals surface area contributed by atoms with Crippen molar-refractivity contribution in [2.75, 3.05) is 49.8 Å². The monoisotopic (exact) mass is 488 g/mol. The van der Waals surface area contributed by atoms with Crippen LogP contribution in [0.1, 0.15) is 47.5 Å². The lowest BCUT2D eigenvalue weighted by atomic mass is 10.1. The number of ether oxygens (including phenoxy) is 2. The molecule has 0 aromatic heterocycles. The van der Waals surface area contributed by atoms with Gasteiger partial charge in [-0.05, 0) is 87.5 Å². The molecule has 0 bridgehead atoms. The molecule has 2 aromatic carbocycles. The molecule has 2 rings (SSSR count). The summed E-state index contributed by atoms with van der Waals surface area (Å²) in [4.78, 5) is 5.79. The van der Waals surface area contributed by atoms with Crippen LogP contribution in [0, 0.1) is 5.92 Å². The van der Waals surface area contributed by atoms with Crippen LogP contribution in [-0.2, 0) is 9.47 Å². The number of hydrogen-bond acceptors (Lipinski definition) is 7. The maximum Gasteiger partial charge on any atom is 0.0972 e. The van der Waals surface area contributed by atoms with E-state index in [9.17, 15) is 0 Å². The quantitative estimate of drug-likeness (QED) is 0.190. The summed E-state index contributed by atoms with van der Waals surface area (Å²) in [6.07, 6.45) is 4.30.